The van der Waals surface area contributed by atoms with Crippen molar-refractivity contribution in [1.29, 1.82) is 0 Å². The van der Waals surface area contributed by atoms with E-state index in [-0.39, 0.29) is 16.6 Å². The molecule has 0 amide bonds. The van der Waals surface area contributed by atoms with Crippen molar-refractivity contribution in [2.75, 3.05) is 17.1 Å². The maximum atomic E-state index is 14.1. The summed E-state index contributed by atoms with van der Waals surface area (Å²) in [6, 6.07) is 7.30. The number of aliphatic carboxylic acids is 1. The predicted molar refractivity (Wildman–Crippen MR) is 64.5 cm³/mol. The van der Waals surface area contributed by atoms with E-state index >= 15 is 0 Å². The van der Waals surface area contributed by atoms with Gasteiger partial charge in [0.05, 0.1) is 5.69 Å². The van der Waals surface area contributed by atoms with Crippen molar-refractivity contribution in [2.24, 2.45) is 0 Å². The van der Waals surface area contributed by atoms with Gasteiger partial charge in [0.15, 0.2) is 0 Å². The van der Waals surface area contributed by atoms with Gasteiger partial charge in [0.1, 0.15) is 0 Å². The number of nitrogens with zero attached hydrogens (tertiary/aromatic N) is 1. The lowest BCUT2D eigenvalue weighted by Crippen LogP contribution is -2.47. The van der Waals surface area contributed by atoms with Crippen molar-refractivity contribution in [3.05, 3.63) is 30.3 Å². The number of carboxylic acid groups (broad SMARTS) is 1. The number of thioether (sulfide) groups is 1. The molecule has 1 N–H and O–H groups in total. The fraction of sp³-hybridized carbons (Fsp3) is 0.364. The summed E-state index contributed by atoms with van der Waals surface area (Å²) in [5, 5.41) is 8.50. The highest BCUT2D eigenvalue weighted by Gasteiger charge is 2.46. The molecule has 0 aromatic heterocycles. The molecule has 1 aromatic carbocycles. The van der Waals surface area contributed by atoms with E-state index in [1.54, 1.807) is 12.3 Å². The number of benzene rings is 1. The first-order valence-electron chi connectivity index (χ1n) is 4.94. The number of hydrogen-bond acceptors (Lipinski definition) is 3. The number of alkyl halides is 1. The van der Waals surface area contributed by atoms with E-state index in [4.69, 9.17) is 5.11 Å². The van der Waals surface area contributed by atoms with Crippen LogP contribution in [0.25, 0.3) is 0 Å². The molecule has 0 saturated carbocycles. The molecule has 3 nitrogen and oxygen atoms in total. The van der Waals surface area contributed by atoms with Gasteiger partial charge in [0.2, 0.25) is 0 Å². The van der Waals surface area contributed by atoms with Crippen LogP contribution in [0.2, 0.25) is 0 Å². The number of carbonyl (C=O) groups is 1. The highest BCUT2D eigenvalue weighted by Crippen LogP contribution is 2.30. The summed E-state index contributed by atoms with van der Waals surface area (Å²) in [5.74, 6) is -4.63. The van der Waals surface area contributed by atoms with Crippen molar-refractivity contribution in [3.8, 4) is 0 Å². The lowest BCUT2D eigenvalue weighted by Gasteiger charge is -2.27. The lowest BCUT2D eigenvalue weighted by atomic mass is 10.1. The molecule has 0 saturated heterocycles. The van der Waals surface area contributed by atoms with Crippen molar-refractivity contribution >= 4 is 23.4 Å². The monoisotopic (exact) mass is 261 g/mol. The summed E-state index contributed by atoms with van der Waals surface area (Å²) in [7, 11) is 0. The molecule has 0 spiro atoms. The summed E-state index contributed by atoms with van der Waals surface area (Å²) < 4.78 is 27.9. The van der Waals surface area contributed by atoms with Crippen LogP contribution in [0.1, 0.15) is 6.42 Å². The Labute approximate surface area is 102 Å². The van der Waals surface area contributed by atoms with Gasteiger partial charge in [-0.1, -0.05) is 22.7 Å². The molecule has 0 aliphatic rings. The minimum Gasteiger partial charge on any atom is -0.477 e. The van der Waals surface area contributed by atoms with Gasteiger partial charge in [-0.25, -0.2) is 9.18 Å². The second-order valence-electron chi connectivity index (χ2n) is 3.42. The molecule has 0 heterocycles. The van der Waals surface area contributed by atoms with E-state index in [0.717, 1.165) is 0 Å². The molecule has 1 rings (SSSR count). The van der Waals surface area contributed by atoms with E-state index in [2.05, 4.69) is 0 Å². The van der Waals surface area contributed by atoms with Crippen molar-refractivity contribution in [2.45, 2.75) is 12.2 Å². The van der Waals surface area contributed by atoms with Gasteiger partial charge in [-0.2, -0.15) is 16.9 Å². The molecule has 0 unspecified atom stereocenters. The van der Waals surface area contributed by atoms with Crippen LogP contribution in [0, 0.1) is 0 Å². The fourth-order valence-electron chi connectivity index (χ4n) is 1.29. The summed E-state index contributed by atoms with van der Waals surface area (Å²) in [6.07, 6.45) is 1.28. The van der Waals surface area contributed by atoms with Crippen LogP contribution in [0.3, 0.4) is 0 Å². The van der Waals surface area contributed by atoms with Gasteiger partial charge in [0, 0.05) is 6.42 Å². The zero-order chi connectivity index (χ0) is 12.9. The molecule has 0 fully saturated rings. The van der Waals surface area contributed by atoms with Crippen LogP contribution in [-0.4, -0.2) is 28.9 Å². The summed E-state index contributed by atoms with van der Waals surface area (Å²) in [5.41, 5.74) is -0.112. The first-order chi connectivity index (χ1) is 8.02. The Morgan fingerprint density at radius 3 is 2.53 bits per heavy atom. The number of rotatable bonds is 6. The van der Waals surface area contributed by atoms with Gasteiger partial charge in [-0.3, -0.25) is 0 Å². The topological polar surface area (TPSA) is 40.5 Å². The molecule has 17 heavy (non-hydrogen) atoms. The van der Waals surface area contributed by atoms with Crippen LogP contribution in [0.4, 0.5) is 14.6 Å². The standard InChI is InChI=1S/C11H13F2NO2S/c1-17-8-7-11(12,10(15)16)14(13)9-5-3-2-4-6-9/h2-6H,7-8H2,1H3,(H,15,16)/t11-/m0/s1. The van der Waals surface area contributed by atoms with Gasteiger partial charge < -0.3 is 5.11 Å². The van der Waals surface area contributed by atoms with E-state index in [0.29, 0.717) is 0 Å². The number of carboxylic acids is 1. The second-order valence-corrected chi connectivity index (χ2v) is 4.41. The number of para-hydroxylation sites is 1. The van der Waals surface area contributed by atoms with Gasteiger partial charge in [-0.05, 0) is 24.1 Å². The van der Waals surface area contributed by atoms with E-state index in [9.17, 15) is 13.7 Å². The minimum atomic E-state index is -3.02. The third-order valence-electron chi connectivity index (χ3n) is 2.26. The van der Waals surface area contributed by atoms with Crippen LogP contribution in [0.5, 0.6) is 0 Å². The Bertz CT molecular complexity index is 377. The average Bonchev–Trinajstić information content (AvgIpc) is 2.35. The molecular weight excluding hydrogens is 248 g/mol. The molecule has 1 atom stereocenters. The number of halogens is 2. The number of hydrogen-bond donors (Lipinski definition) is 1. The molecule has 0 aliphatic carbocycles. The Morgan fingerprint density at radius 2 is 2.06 bits per heavy atom. The molecular formula is C11H13F2NO2S. The van der Waals surface area contributed by atoms with Crippen LogP contribution in [0.15, 0.2) is 30.3 Å². The van der Waals surface area contributed by atoms with Crippen LogP contribution >= 0.6 is 11.8 Å². The second kappa shape index (κ2) is 5.86. The van der Waals surface area contributed by atoms with Gasteiger partial charge in [-0.15, -0.1) is 0 Å². The summed E-state index contributed by atoms with van der Waals surface area (Å²) >= 11 is 1.26. The first-order valence-corrected chi connectivity index (χ1v) is 6.34. The summed E-state index contributed by atoms with van der Waals surface area (Å²) in [4.78, 5) is 10.9. The lowest BCUT2D eigenvalue weighted by molar-refractivity contribution is -0.153. The average molecular weight is 261 g/mol. The van der Waals surface area contributed by atoms with Crippen LogP contribution in [-0.2, 0) is 4.79 Å². The zero-order valence-corrected chi connectivity index (χ0v) is 10.1. The Kier molecular flexibility index (Phi) is 4.74. The molecule has 94 valence electrons. The van der Waals surface area contributed by atoms with Gasteiger partial charge in [0.25, 0.3) is 0 Å². The quantitative estimate of drug-likeness (QED) is 0.631. The van der Waals surface area contributed by atoms with E-state index < -0.39 is 18.2 Å². The van der Waals surface area contributed by atoms with Crippen molar-refractivity contribution in [3.63, 3.8) is 0 Å². The Balaban J connectivity index is 2.95. The van der Waals surface area contributed by atoms with Crippen molar-refractivity contribution in [1.82, 2.24) is 0 Å². The van der Waals surface area contributed by atoms with E-state index in [1.165, 1.54) is 36.0 Å². The third-order valence-corrected chi connectivity index (χ3v) is 2.87. The third kappa shape index (κ3) is 3.09. The minimum absolute atomic E-state index is 0.112. The normalized spacial score (nSPS) is 14.1. The Hall–Kier alpha value is -1.30. The molecule has 6 heteroatoms. The highest BCUT2D eigenvalue weighted by molar-refractivity contribution is 7.98. The highest BCUT2D eigenvalue weighted by atomic mass is 32.2. The summed E-state index contributed by atoms with van der Waals surface area (Å²) in [6.45, 7) is 0. The maximum Gasteiger partial charge on any atom is 0.365 e. The molecule has 0 radical (unpaired) electrons. The smallest absolute Gasteiger partial charge is 0.365 e. The van der Waals surface area contributed by atoms with Crippen LogP contribution < -0.4 is 5.12 Å². The fourth-order valence-corrected chi connectivity index (χ4v) is 1.76. The largest absolute Gasteiger partial charge is 0.477 e. The SMILES string of the molecule is CSCC[C@@](F)(C(=O)O)N(F)c1ccccc1. The Morgan fingerprint density at radius 1 is 1.47 bits per heavy atom. The molecule has 0 bridgehead atoms. The van der Waals surface area contributed by atoms with Crippen molar-refractivity contribution < 1.29 is 18.8 Å². The zero-order valence-electron chi connectivity index (χ0n) is 9.27. The first kappa shape index (κ1) is 13.8. The van der Waals surface area contributed by atoms with E-state index in [1.807, 2.05) is 0 Å². The molecule has 1 aromatic rings. The van der Waals surface area contributed by atoms with Gasteiger partial charge >= 0.3 is 11.8 Å². The predicted octanol–water partition coefficient (Wildman–Crippen LogP) is 2.88. The number of anilines is 1. The molecule has 0 aliphatic heterocycles. The maximum absolute atomic E-state index is 14.1.